The summed E-state index contributed by atoms with van der Waals surface area (Å²) in [6.45, 7) is 10.8. The second-order valence-electron chi connectivity index (χ2n) is 11.8. The van der Waals surface area contributed by atoms with Crippen LogP contribution in [0.25, 0.3) is 10.9 Å². The van der Waals surface area contributed by atoms with Crippen LogP contribution in [0.2, 0.25) is 0 Å². The first-order chi connectivity index (χ1) is 19.2. The van der Waals surface area contributed by atoms with Gasteiger partial charge in [0, 0.05) is 36.1 Å². The van der Waals surface area contributed by atoms with Crippen molar-refractivity contribution in [2.75, 3.05) is 40.4 Å². The largest absolute Gasteiger partial charge is 0.493 e. The third-order valence-corrected chi connectivity index (χ3v) is 8.52. The fourth-order valence-electron chi connectivity index (χ4n) is 6.67. The number of likely N-dealkylation sites (tertiary alicyclic amines) is 1. The van der Waals surface area contributed by atoms with Crippen LogP contribution in [0.4, 0.5) is 0 Å². The number of nitrogens with one attached hydrogen (secondary N) is 1. The van der Waals surface area contributed by atoms with Gasteiger partial charge in [-0.1, -0.05) is 44.2 Å². The van der Waals surface area contributed by atoms with Crippen molar-refractivity contribution in [1.82, 2.24) is 19.7 Å². The lowest BCUT2D eigenvalue weighted by molar-refractivity contribution is -0.133. The average molecular weight is 547 g/mol. The number of carbonyl (C=O) groups excluding carboxylic acids is 2. The van der Waals surface area contributed by atoms with Crippen LogP contribution in [0, 0.1) is 11.8 Å². The van der Waals surface area contributed by atoms with Crippen molar-refractivity contribution in [3.63, 3.8) is 0 Å². The van der Waals surface area contributed by atoms with Gasteiger partial charge in [-0.3, -0.25) is 9.59 Å². The molecule has 2 amide bonds. The summed E-state index contributed by atoms with van der Waals surface area (Å²) in [6, 6.07) is 15.5. The molecule has 0 saturated carbocycles. The first kappa shape index (κ1) is 28.0. The lowest BCUT2D eigenvalue weighted by atomic mass is 9.92. The van der Waals surface area contributed by atoms with Gasteiger partial charge < -0.3 is 29.2 Å². The lowest BCUT2D eigenvalue weighted by Crippen LogP contribution is -2.63. The number of para-hydroxylation sites is 2. The number of benzene rings is 2. The minimum atomic E-state index is -1.10. The fourth-order valence-corrected chi connectivity index (χ4v) is 6.67. The average Bonchev–Trinajstić information content (AvgIpc) is 3.30. The van der Waals surface area contributed by atoms with Crippen LogP contribution in [-0.4, -0.2) is 72.1 Å². The van der Waals surface area contributed by atoms with E-state index in [4.69, 9.17) is 9.47 Å². The van der Waals surface area contributed by atoms with E-state index in [1.54, 1.807) is 19.1 Å². The standard InChI is InChI=1S/C32H42N4O4/c1-22-16-23(2)19-34(18-22)15-9-14-33-31(38)32(3)21-35-26-12-7-6-10-24(26)17-27(35)30(37)36(32)20-25-11-8-13-28(39-4)29(25)40-5/h6-8,10-13,17,22-23H,9,14-16,18-21H2,1-5H3,(H,33,38)/t22-,23+,32-/m1/s1. The molecule has 2 aliphatic rings. The molecule has 2 aromatic carbocycles. The normalized spacial score (nSPS) is 23.2. The van der Waals surface area contributed by atoms with Gasteiger partial charge in [0.05, 0.1) is 27.3 Å². The van der Waals surface area contributed by atoms with E-state index in [1.165, 1.54) is 6.42 Å². The van der Waals surface area contributed by atoms with Gasteiger partial charge in [-0.25, -0.2) is 0 Å². The smallest absolute Gasteiger partial charge is 0.271 e. The maximum absolute atomic E-state index is 14.1. The van der Waals surface area contributed by atoms with Crippen molar-refractivity contribution >= 4 is 22.7 Å². The quantitative estimate of drug-likeness (QED) is 0.399. The molecule has 8 heteroatoms. The maximum atomic E-state index is 14.1. The summed E-state index contributed by atoms with van der Waals surface area (Å²) in [6.07, 6.45) is 2.15. The number of methoxy groups -OCH3 is 2. The highest BCUT2D eigenvalue weighted by atomic mass is 16.5. The van der Waals surface area contributed by atoms with E-state index >= 15 is 0 Å². The summed E-state index contributed by atoms with van der Waals surface area (Å²) < 4.78 is 13.2. The van der Waals surface area contributed by atoms with Crippen molar-refractivity contribution in [2.24, 2.45) is 11.8 Å². The van der Waals surface area contributed by atoms with E-state index in [2.05, 4.69) is 24.1 Å². The Morgan fingerprint density at radius 1 is 1.05 bits per heavy atom. The molecule has 40 heavy (non-hydrogen) atoms. The summed E-state index contributed by atoms with van der Waals surface area (Å²) in [5.41, 5.74) is 1.22. The van der Waals surface area contributed by atoms with Crippen LogP contribution in [0.3, 0.4) is 0 Å². The predicted molar refractivity (Wildman–Crippen MR) is 157 cm³/mol. The van der Waals surface area contributed by atoms with Crippen LogP contribution in [0.5, 0.6) is 11.5 Å². The van der Waals surface area contributed by atoms with Gasteiger partial charge in [0.25, 0.3) is 5.91 Å². The summed E-state index contributed by atoms with van der Waals surface area (Å²) >= 11 is 0. The van der Waals surface area contributed by atoms with Gasteiger partial charge in [0.1, 0.15) is 11.2 Å². The van der Waals surface area contributed by atoms with Crippen molar-refractivity contribution in [3.05, 3.63) is 59.8 Å². The Kier molecular flexibility index (Phi) is 8.08. The molecule has 3 atom stereocenters. The number of nitrogens with zero attached hydrogens (tertiary/aromatic N) is 3. The molecule has 3 heterocycles. The van der Waals surface area contributed by atoms with E-state index in [0.717, 1.165) is 42.5 Å². The zero-order chi connectivity index (χ0) is 28.4. The van der Waals surface area contributed by atoms with Crippen LogP contribution < -0.4 is 14.8 Å². The highest BCUT2D eigenvalue weighted by Crippen LogP contribution is 2.37. The Hall–Kier alpha value is -3.52. The minimum Gasteiger partial charge on any atom is -0.493 e. The number of hydrogen-bond donors (Lipinski definition) is 1. The van der Waals surface area contributed by atoms with E-state index in [1.807, 2.05) is 60.0 Å². The van der Waals surface area contributed by atoms with E-state index in [9.17, 15) is 9.59 Å². The van der Waals surface area contributed by atoms with Crippen LogP contribution >= 0.6 is 0 Å². The van der Waals surface area contributed by atoms with Gasteiger partial charge in [-0.15, -0.1) is 0 Å². The van der Waals surface area contributed by atoms with Gasteiger partial charge in [-0.05, 0) is 56.3 Å². The molecule has 214 valence electrons. The molecule has 0 spiro atoms. The molecule has 0 aliphatic carbocycles. The number of hydrogen-bond acceptors (Lipinski definition) is 5. The molecule has 3 aromatic rings. The molecule has 1 N–H and O–H groups in total. The van der Waals surface area contributed by atoms with Crippen molar-refractivity contribution in [2.45, 2.75) is 52.2 Å². The van der Waals surface area contributed by atoms with Gasteiger partial charge in [-0.2, -0.15) is 0 Å². The van der Waals surface area contributed by atoms with Gasteiger partial charge in [0.2, 0.25) is 5.91 Å². The highest BCUT2D eigenvalue weighted by Gasteiger charge is 2.48. The Bertz CT molecular complexity index is 1370. The van der Waals surface area contributed by atoms with Crippen molar-refractivity contribution in [3.8, 4) is 11.5 Å². The minimum absolute atomic E-state index is 0.147. The number of piperidine rings is 1. The summed E-state index contributed by atoms with van der Waals surface area (Å²) in [7, 11) is 3.18. The number of ether oxygens (including phenoxy) is 2. The Balaban J connectivity index is 1.40. The van der Waals surface area contributed by atoms with Crippen molar-refractivity contribution < 1.29 is 19.1 Å². The monoisotopic (exact) mass is 546 g/mol. The fraction of sp³-hybridized carbons (Fsp3) is 0.500. The number of aromatic nitrogens is 1. The Labute approximate surface area is 237 Å². The summed E-state index contributed by atoms with van der Waals surface area (Å²) in [5.74, 6) is 2.24. The molecule has 8 nitrogen and oxygen atoms in total. The summed E-state index contributed by atoms with van der Waals surface area (Å²) in [4.78, 5) is 32.3. The first-order valence-electron chi connectivity index (χ1n) is 14.4. The van der Waals surface area contributed by atoms with Crippen LogP contribution in [0.15, 0.2) is 48.5 Å². The number of rotatable bonds is 9. The number of carbonyl (C=O) groups is 2. The third kappa shape index (κ3) is 5.29. The van der Waals surface area contributed by atoms with Crippen molar-refractivity contribution in [1.29, 1.82) is 0 Å². The van der Waals surface area contributed by atoms with E-state index < -0.39 is 5.54 Å². The highest BCUT2D eigenvalue weighted by molar-refractivity contribution is 6.03. The molecule has 1 fully saturated rings. The molecule has 0 bridgehead atoms. The zero-order valence-electron chi connectivity index (χ0n) is 24.4. The predicted octanol–water partition coefficient (Wildman–Crippen LogP) is 4.56. The molecular formula is C32H42N4O4. The second kappa shape index (κ2) is 11.5. The Morgan fingerprint density at radius 2 is 1.80 bits per heavy atom. The molecule has 2 aliphatic heterocycles. The van der Waals surface area contributed by atoms with Crippen LogP contribution in [0.1, 0.15) is 49.7 Å². The van der Waals surface area contributed by atoms with Gasteiger partial charge >= 0.3 is 0 Å². The van der Waals surface area contributed by atoms with E-state index in [0.29, 0.717) is 42.1 Å². The SMILES string of the molecule is COc1cccc(CN2C(=O)c3cc4ccccc4n3C[C@]2(C)C(=O)NCCCN2C[C@H](C)C[C@H](C)C2)c1OC. The second-order valence-corrected chi connectivity index (χ2v) is 11.8. The first-order valence-corrected chi connectivity index (χ1v) is 14.4. The lowest BCUT2D eigenvalue weighted by Gasteiger charge is -2.44. The summed E-state index contributed by atoms with van der Waals surface area (Å²) in [5, 5.41) is 4.17. The molecule has 5 rings (SSSR count). The molecular weight excluding hydrogens is 504 g/mol. The zero-order valence-corrected chi connectivity index (χ0v) is 24.4. The van der Waals surface area contributed by atoms with E-state index in [-0.39, 0.29) is 18.4 Å². The molecule has 0 radical (unpaired) electrons. The van der Waals surface area contributed by atoms with Crippen LogP contribution in [-0.2, 0) is 17.9 Å². The molecule has 1 aromatic heterocycles. The topological polar surface area (TPSA) is 76.0 Å². The molecule has 0 unspecified atom stereocenters. The Morgan fingerprint density at radius 3 is 2.52 bits per heavy atom. The van der Waals surface area contributed by atoms with Gasteiger partial charge in [0.15, 0.2) is 11.5 Å². The molecule has 1 saturated heterocycles. The number of fused-ring (bicyclic) bond motifs is 3. The maximum Gasteiger partial charge on any atom is 0.271 e. The third-order valence-electron chi connectivity index (χ3n) is 8.52. The number of amides is 2.